The van der Waals surface area contributed by atoms with Gasteiger partial charge < -0.3 is 29.6 Å². The Hall–Kier alpha value is -4.15. The molecular weight excluding hydrogens is 588 g/mol. The van der Waals surface area contributed by atoms with E-state index in [9.17, 15) is 14.4 Å². The van der Waals surface area contributed by atoms with Gasteiger partial charge in [0.25, 0.3) is 11.8 Å². The number of halogens is 1. The van der Waals surface area contributed by atoms with Crippen LogP contribution in [-0.4, -0.2) is 50.5 Å². The first-order valence-electron chi connectivity index (χ1n) is 13.2. The fraction of sp³-hybridized carbons (Fsp3) is 0.258. The van der Waals surface area contributed by atoms with E-state index in [2.05, 4.69) is 26.6 Å². The van der Waals surface area contributed by atoms with Gasteiger partial charge in [-0.25, -0.2) is 0 Å². The van der Waals surface area contributed by atoms with Gasteiger partial charge in [-0.1, -0.05) is 40.2 Å². The first-order valence-corrected chi connectivity index (χ1v) is 14.0. The number of anilines is 2. The van der Waals surface area contributed by atoms with Gasteiger partial charge >= 0.3 is 0 Å². The molecule has 0 saturated carbocycles. The van der Waals surface area contributed by atoms with Gasteiger partial charge in [0, 0.05) is 10.0 Å². The number of ether oxygens (including phenoxy) is 1. The third-order valence-electron chi connectivity index (χ3n) is 7.32. The van der Waals surface area contributed by atoms with Crippen molar-refractivity contribution in [3.63, 3.8) is 0 Å². The van der Waals surface area contributed by atoms with Crippen molar-refractivity contribution >= 4 is 55.8 Å². The van der Waals surface area contributed by atoms with Crippen molar-refractivity contribution in [1.29, 1.82) is 0 Å². The number of nitrogens with zero attached hydrogens (tertiary/aromatic N) is 2. The Labute approximate surface area is 246 Å². The second kappa shape index (κ2) is 11.8. The topological polar surface area (TPSA) is 104 Å². The first-order chi connectivity index (χ1) is 19.7. The molecule has 10 heteroatoms. The number of methoxy groups -OCH3 is 1. The van der Waals surface area contributed by atoms with Crippen molar-refractivity contribution in [1.82, 2.24) is 10.6 Å². The van der Waals surface area contributed by atoms with E-state index in [0.29, 0.717) is 22.9 Å². The lowest BCUT2D eigenvalue weighted by Crippen LogP contribution is -2.55. The molecule has 9 nitrogen and oxygen atoms in total. The highest BCUT2D eigenvalue weighted by Crippen LogP contribution is 2.38. The minimum atomic E-state index is -1.03. The Morgan fingerprint density at radius 3 is 2.54 bits per heavy atom. The average Bonchev–Trinajstić information content (AvgIpc) is 3.38. The van der Waals surface area contributed by atoms with E-state index in [-0.39, 0.29) is 30.7 Å². The standard InChI is InChI=1S/C31H31BrN4O5/c1-18-9-13-28(41-18)31(39)36-17-24(34-29(37)19(2)33-3)30(38)35(25-7-5-6-8-26(25)36)16-23-22-12-11-21(32)15-20(22)10-14-27(23)40-4/h5-15,19,24,33H,16-17H2,1-4H3,(H,34,37). The Morgan fingerprint density at radius 1 is 1.10 bits per heavy atom. The minimum Gasteiger partial charge on any atom is -0.496 e. The van der Waals surface area contributed by atoms with Crippen LogP contribution >= 0.6 is 15.9 Å². The van der Waals surface area contributed by atoms with E-state index in [1.54, 1.807) is 57.2 Å². The van der Waals surface area contributed by atoms with Crippen molar-refractivity contribution in [3.05, 3.63) is 88.3 Å². The smallest absolute Gasteiger partial charge is 0.294 e. The highest BCUT2D eigenvalue weighted by atomic mass is 79.9. The van der Waals surface area contributed by atoms with Crippen LogP contribution in [0.2, 0.25) is 0 Å². The van der Waals surface area contributed by atoms with Crippen molar-refractivity contribution in [2.24, 2.45) is 0 Å². The molecule has 1 aromatic heterocycles. The second-order valence-corrected chi connectivity index (χ2v) is 10.8. The van der Waals surface area contributed by atoms with Gasteiger partial charge in [0.05, 0.1) is 37.6 Å². The zero-order chi connectivity index (χ0) is 29.3. The molecular formula is C31H31BrN4O5. The Morgan fingerprint density at radius 2 is 1.85 bits per heavy atom. The quantitative estimate of drug-likeness (QED) is 0.308. The van der Waals surface area contributed by atoms with Crippen LogP contribution in [0, 0.1) is 6.92 Å². The van der Waals surface area contributed by atoms with E-state index in [1.807, 2.05) is 42.5 Å². The zero-order valence-corrected chi connectivity index (χ0v) is 24.8. The molecule has 2 atom stereocenters. The number of nitrogens with one attached hydrogen (secondary N) is 2. The zero-order valence-electron chi connectivity index (χ0n) is 23.2. The van der Waals surface area contributed by atoms with Gasteiger partial charge in [-0.15, -0.1) is 0 Å². The Kier molecular flexibility index (Phi) is 8.14. The number of carbonyl (C=O) groups excluding carboxylic acids is 3. The van der Waals surface area contributed by atoms with Gasteiger partial charge in [0.2, 0.25) is 5.91 Å². The van der Waals surface area contributed by atoms with Crippen molar-refractivity contribution < 1.29 is 23.5 Å². The molecule has 2 heterocycles. The third kappa shape index (κ3) is 5.57. The first kappa shape index (κ1) is 28.4. The number of para-hydroxylation sites is 2. The van der Waals surface area contributed by atoms with Gasteiger partial charge in [-0.2, -0.15) is 0 Å². The number of benzene rings is 3. The average molecular weight is 620 g/mol. The summed E-state index contributed by atoms with van der Waals surface area (Å²) >= 11 is 3.54. The molecule has 0 saturated heterocycles. The number of fused-ring (bicyclic) bond motifs is 2. The van der Waals surface area contributed by atoms with Gasteiger partial charge in [0.15, 0.2) is 5.76 Å². The Bertz CT molecular complexity index is 1630. The predicted molar refractivity (Wildman–Crippen MR) is 161 cm³/mol. The normalized spacial score (nSPS) is 15.8. The summed E-state index contributed by atoms with van der Waals surface area (Å²) in [6, 6.07) is 18.7. The molecule has 3 amide bonds. The van der Waals surface area contributed by atoms with Crippen LogP contribution in [0.5, 0.6) is 5.75 Å². The van der Waals surface area contributed by atoms with Crippen LogP contribution in [0.1, 0.15) is 28.8 Å². The number of amides is 3. The summed E-state index contributed by atoms with van der Waals surface area (Å²) in [5.74, 6) is 0.248. The van der Waals surface area contributed by atoms with Gasteiger partial charge in [0.1, 0.15) is 17.6 Å². The SMILES string of the molecule is CNC(C)C(=O)NC1CN(C(=O)c2ccc(C)o2)c2ccccc2N(Cc2c(OC)ccc3cc(Br)ccc23)C1=O. The summed E-state index contributed by atoms with van der Waals surface area (Å²) in [6.07, 6.45) is 0. The maximum atomic E-state index is 14.3. The molecule has 1 aliphatic rings. The van der Waals surface area contributed by atoms with Crippen LogP contribution in [0.25, 0.3) is 10.8 Å². The lowest BCUT2D eigenvalue weighted by Gasteiger charge is -2.27. The van der Waals surface area contributed by atoms with E-state index in [4.69, 9.17) is 9.15 Å². The lowest BCUT2D eigenvalue weighted by molar-refractivity contribution is -0.128. The maximum absolute atomic E-state index is 14.3. The number of hydrogen-bond donors (Lipinski definition) is 2. The number of hydrogen-bond acceptors (Lipinski definition) is 6. The summed E-state index contributed by atoms with van der Waals surface area (Å²) < 4.78 is 12.3. The largest absolute Gasteiger partial charge is 0.496 e. The summed E-state index contributed by atoms with van der Waals surface area (Å²) in [5, 5.41) is 7.67. The van der Waals surface area contributed by atoms with Crippen LogP contribution in [0.15, 0.2) is 75.6 Å². The van der Waals surface area contributed by atoms with E-state index in [0.717, 1.165) is 20.8 Å². The van der Waals surface area contributed by atoms with Crippen LogP contribution in [0.3, 0.4) is 0 Å². The predicted octanol–water partition coefficient (Wildman–Crippen LogP) is 4.80. The number of furan rings is 1. The number of carbonyl (C=O) groups is 3. The molecule has 4 aromatic rings. The highest BCUT2D eigenvalue weighted by molar-refractivity contribution is 9.10. The van der Waals surface area contributed by atoms with Crippen molar-refractivity contribution in [3.8, 4) is 5.75 Å². The lowest BCUT2D eigenvalue weighted by atomic mass is 10.0. The van der Waals surface area contributed by atoms with Crippen molar-refractivity contribution in [2.75, 3.05) is 30.5 Å². The summed E-state index contributed by atoms with van der Waals surface area (Å²) in [6.45, 7) is 3.54. The fourth-order valence-corrected chi connectivity index (χ4v) is 5.40. The molecule has 2 unspecified atom stereocenters. The van der Waals surface area contributed by atoms with Crippen LogP contribution < -0.4 is 25.2 Å². The molecule has 0 radical (unpaired) electrons. The fourth-order valence-electron chi connectivity index (χ4n) is 5.02. The molecule has 0 aliphatic carbocycles. The van der Waals surface area contributed by atoms with Crippen LogP contribution in [0.4, 0.5) is 11.4 Å². The molecule has 2 N–H and O–H groups in total. The number of aryl methyl sites for hydroxylation is 1. The molecule has 1 aliphatic heterocycles. The molecule has 0 bridgehead atoms. The molecule has 0 spiro atoms. The third-order valence-corrected chi connectivity index (χ3v) is 7.81. The van der Waals surface area contributed by atoms with E-state index in [1.165, 1.54) is 4.90 Å². The summed E-state index contributed by atoms with van der Waals surface area (Å²) in [7, 11) is 3.26. The number of likely N-dealkylation sites (N-methyl/N-ethyl adjacent to an activating group) is 1. The van der Waals surface area contributed by atoms with E-state index >= 15 is 0 Å². The van der Waals surface area contributed by atoms with Crippen LogP contribution in [-0.2, 0) is 16.1 Å². The summed E-state index contributed by atoms with van der Waals surface area (Å²) in [4.78, 5) is 44.2. The number of rotatable bonds is 7. The van der Waals surface area contributed by atoms with Gasteiger partial charge in [-0.3, -0.25) is 14.4 Å². The van der Waals surface area contributed by atoms with E-state index < -0.39 is 18.0 Å². The maximum Gasteiger partial charge on any atom is 0.294 e. The molecule has 3 aromatic carbocycles. The van der Waals surface area contributed by atoms with Gasteiger partial charge in [-0.05, 0) is 74.1 Å². The minimum absolute atomic E-state index is 0.0767. The molecule has 41 heavy (non-hydrogen) atoms. The summed E-state index contributed by atoms with van der Waals surface area (Å²) in [5.41, 5.74) is 1.86. The second-order valence-electron chi connectivity index (χ2n) is 9.92. The molecule has 0 fully saturated rings. The molecule has 5 rings (SSSR count). The monoisotopic (exact) mass is 618 g/mol. The highest BCUT2D eigenvalue weighted by Gasteiger charge is 2.38. The molecule has 212 valence electrons. The van der Waals surface area contributed by atoms with Crippen molar-refractivity contribution in [2.45, 2.75) is 32.5 Å². The Balaban J connectivity index is 1.65.